The van der Waals surface area contributed by atoms with Gasteiger partial charge in [-0.2, -0.15) is 5.26 Å². The van der Waals surface area contributed by atoms with Gasteiger partial charge >= 0.3 is 0 Å². The van der Waals surface area contributed by atoms with E-state index < -0.39 is 5.41 Å². The molecule has 3 aliphatic rings. The zero-order valence-corrected chi connectivity index (χ0v) is 20.6. The lowest BCUT2D eigenvalue weighted by Gasteiger charge is -2.47. The van der Waals surface area contributed by atoms with Gasteiger partial charge in [-0.25, -0.2) is 0 Å². The van der Waals surface area contributed by atoms with Crippen molar-refractivity contribution in [3.63, 3.8) is 0 Å². The molecule has 1 aromatic heterocycles. The number of rotatable bonds is 2. The molecule has 0 radical (unpaired) electrons. The first-order valence-corrected chi connectivity index (χ1v) is 12.2. The molecule has 2 aliphatic heterocycles. The quantitative estimate of drug-likeness (QED) is 0.482. The predicted molar refractivity (Wildman–Crippen MR) is 139 cm³/mol. The number of anilines is 2. The number of nitriles is 1. The number of amides is 1. The van der Waals surface area contributed by atoms with Crippen LogP contribution in [0.5, 0.6) is 0 Å². The third kappa shape index (κ3) is 2.96. The maximum absolute atomic E-state index is 14.0. The first-order chi connectivity index (χ1) is 17.3. The van der Waals surface area contributed by atoms with Crippen LogP contribution in [0.4, 0.5) is 11.4 Å². The van der Waals surface area contributed by atoms with Crippen molar-refractivity contribution in [2.24, 2.45) is 5.41 Å². The van der Waals surface area contributed by atoms with Crippen LogP contribution in [-0.2, 0) is 15.0 Å². The fourth-order valence-corrected chi connectivity index (χ4v) is 6.12. The van der Waals surface area contributed by atoms with E-state index in [1.54, 1.807) is 6.07 Å². The summed E-state index contributed by atoms with van der Waals surface area (Å²) in [5, 5.41) is 14.2. The summed E-state index contributed by atoms with van der Waals surface area (Å²) in [6.45, 7) is 4.11. The van der Waals surface area contributed by atoms with Crippen molar-refractivity contribution >= 4 is 40.5 Å². The van der Waals surface area contributed by atoms with Crippen LogP contribution in [0.1, 0.15) is 32.3 Å². The Morgan fingerprint density at radius 2 is 1.75 bits per heavy atom. The second-order valence-electron chi connectivity index (χ2n) is 10.2. The van der Waals surface area contributed by atoms with E-state index in [9.17, 15) is 14.9 Å². The standard InChI is InChI=1S/C29H23ClN4O2/c1-28(2)15-23-25(24(35)16-28)29(20-10-3-4-11-22(20)32-27(29)36)21(17-31)26(33-12-5-6-13-33)34(23)19-9-7-8-18(30)14-19/h3-14H,15-16H2,1-2H3,(H,32,36)/t29-/m0/s1. The summed E-state index contributed by atoms with van der Waals surface area (Å²) in [6, 6.07) is 20.8. The van der Waals surface area contributed by atoms with E-state index in [2.05, 4.69) is 25.2 Å². The molecular weight excluding hydrogens is 472 g/mol. The Labute approximate surface area is 214 Å². The van der Waals surface area contributed by atoms with E-state index in [1.807, 2.05) is 76.5 Å². The largest absolute Gasteiger partial charge is 0.324 e. The van der Waals surface area contributed by atoms with Crippen LogP contribution >= 0.6 is 11.6 Å². The third-order valence-corrected chi connectivity index (χ3v) is 7.49. The van der Waals surface area contributed by atoms with Gasteiger partial charge in [0.25, 0.3) is 0 Å². The molecule has 1 atom stereocenters. The maximum Gasteiger partial charge on any atom is 0.245 e. The van der Waals surface area contributed by atoms with Crippen molar-refractivity contribution < 1.29 is 9.59 Å². The molecule has 7 heteroatoms. The Morgan fingerprint density at radius 3 is 2.47 bits per heavy atom. The molecule has 2 aromatic carbocycles. The third-order valence-electron chi connectivity index (χ3n) is 7.25. The van der Waals surface area contributed by atoms with Gasteiger partial charge < -0.3 is 9.88 Å². The minimum atomic E-state index is -1.54. The van der Waals surface area contributed by atoms with Gasteiger partial charge in [-0.05, 0) is 48.2 Å². The van der Waals surface area contributed by atoms with E-state index in [-0.39, 0.29) is 29.1 Å². The van der Waals surface area contributed by atoms with Gasteiger partial charge in [0.05, 0.1) is 5.57 Å². The smallest absolute Gasteiger partial charge is 0.245 e. The summed E-state index contributed by atoms with van der Waals surface area (Å²) in [5.74, 6) is 0.0107. The van der Waals surface area contributed by atoms with Crippen molar-refractivity contribution in [2.45, 2.75) is 32.1 Å². The number of para-hydroxylation sites is 1. The van der Waals surface area contributed by atoms with Crippen molar-refractivity contribution in [3.05, 3.63) is 100 Å². The molecule has 1 N–H and O–H groups in total. The number of ketones is 1. The second kappa shape index (κ2) is 7.71. The Hall–Kier alpha value is -4.08. The predicted octanol–water partition coefficient (Wildman–Crippen LogP) is 5.89. The molecule has 1 aliphatic carbocycles. The maximum atomic E-state index is 14.0. The van der Waals surface area contributed by atoms with Gasteiger partial charge in [-0.3, -0.25) is 14.5 Å². The van der Waals surface area contributed by atoms with Crippen molar-refractivity contribution in [1.29, 1.82) is 5.26 Å². The number of hydrogen-bond acceptors (Lipinski definition) is 4. The molecule has 0 bridgehead atoms. The van der Waals surface area contributed by atoms with Crippen molar-refractivity contribution in [1.82, 2.24) is 4.57 Å². The first kappa shape index (κ1) is 22.4. The zero-order chi connectivity index (χ0) is 25.2. The van der Waals surface area contributed by atoms with E-state index in [1.165, 1.54) is 0 Å². The Bertz CT molecular complexity index is 1560. The number of carbonyl (C=O) groups excluding carboxylic acids is 2. The lowest BCUT2D eigenvalue weighted by molar-refractivity contribution is -0.123. The average Bonchev–Trinajstić information content (AvgIpc) is 3.45. The van der Waals surface area contributed by atoms with Crippen molar-refractivity contribution in [2.75, 3.05) is 10.2 Å². The van der Waals surface area contributed by atoms with Gasteiger partial charge in [-0.15, -0.1) is 0 Å². The SMILES string of the molecule is CC1(C)CC(=O)C2=C(C1)N(c1cccc(Cl)c1)C(n1cccc1)=C(C#N)[C@]21C(=O)Nc2ccccc21. The summed E-state index contributed by atoms with van der Waals surface area (Å²) in [4.78, 5) is 30.0. The second-order valence-corrected chi connectivity index (χ2v) is 10.7. The van der Waals surface area contributed by atoms with E-state index in [4.69, 9.17) is 11.6 Å². The molecule has 6 rings (SSSR count). The minimum Gasteiger partial charge on any atom is -0.324 e. The first-order valence-electron chi connectivity index (χ1n) is 11.8. The van der Waals surface area contributed by atoms with E-state index in [0.29, 0.717) is 39.8 Å². The number of carbonyl (C=O) groups is 2. The van der Waals surface area contributed by atoms with E-state index in [0.717, 1.165) is 5.69 Å². The van der Waals surface area contributed by atoms with Crippen LogP contribution in [0.3, 0.4) is 0 Å². The normalized spacial score (nSPS) is 22.4. The molecule has 3 aromatic rings. The molecule has 1 amide bonds. The summed E-state index contributed by atoms with van der Waals surface area (Å²) < 4.78 is 1.84. The fourth-order valence-electron chi connectivity index (χ4n) is 5.94. The Morgan fingerprint density at radius 1 is 1.00 bits per heavy atom. The number of hydrogen-bond donors (Lipinski definition) is 1. The Balaban J connectivity index is 1.80. The molecular formula is C29H23ClN4O2. The highest BCUT2D eigenvalue weighted by molar-refractivity contribution is 6.31. The number of benzene rings is 2. The highest BCUT2D eigenvalue weighted by atomic mass is 35.5. The fraction of sp³-hybridized carbons (Fsp3) is 0.207. The molecule has 1 spiro atoms. The topological polar surface area (TPSA) is 78.1 Å². The average molecular weight is 495 g/mol. The summed E-state index contributed by atoms with van der Waals surface area (Å²) in [6.07, 6.45) is 4.52. The number of halogens is 1. The molecule has 178 valence electrons. The number of fused-ring (bicyclic) bond motifs is 3. The van der Waals surface area contributed by atoms with Crippen LogP contribution in [-0.4, -0.2) is 16.3 Å². The molecule has 0 saturated heterocycles. The molecule has 0 unspecified atom stereocenters. The van der Waals surface area contributed by atoms with Gasteiger partial charge in [0.2, 0.25) is 5.91 Å². The van der Waals surface area contributed by atoms with Crippen LogP contribution < -0.4 is 10.2 Å². The molecule has 0 fully saturated rings. The molecule has 3 heterocycles. The lowest BCUT2D eigenvalue weighted by Crippen LogP contribution is -2.51. The number of allylic oxidation sites excluding steroid dienone is 1. The lowest BCUT2D eigenvalue weighted by atomic mass is 9.60. The Kier molecular flexibility index (Phi) is 4.79. The van der Waals surface area contributed by atoms with Crippen LogP contribution in [0.25, 0.3) is 5.82 Å². The zero-order valence-electron chi connectivity index (χ0n) is 19.9. The number of nitrogens with one attached hydrogen (secondary N) is 1. The number of aromatic nitrogens is 1. The van der Waals surface area contributed by atoms with Crippen LogP contribution in [0, 0.1) is 16.7 Å². The summed E-state index contributed by atoms with van der Waals surface area (Å²) >= 11 is 6.42. The van der Waals surface area contributed by atoms with Gasteiger partial charge in [-0.1, -0.05) is 49.7 Å². The summed E-state index contributed by atoms with van der Waals surface area (Å²) in [7, 11) is 0. The van der Waals surface area contributed by atoms with Crippen LogP contribution in [0.15, 0.2) is 89.9 Å². The molecule has 6 nitrogen and oxygen atoms in total. The van der Waals surface area contributed by atoms with Crippen molar-refractivity contribution in [3.8, 4) is 6.07 Å². The number of Topliss-reactive ketones (excluding diaryl/α,β-unsaturated/α-hetero) is 1. The van der Waals surface area contributed by atoms with Gasteiger partial charge in [0, 0.05) is 52.0 Å². The van der Waals surface area contributed by atoms with E-state index >= 15 is 0 Å². The molecule has 0 saturated carbocycles. The van der Waals surface area contributed by atoms with Crippen LogP contribution in [0.2, 0.25) is 5.02 Å². The van der Waals surface area contributed by atoms with Gasteiger partial charge in [0.15, 0.2) is 5.78 Å². The summed E-state index contributed by atoms with van der Waals surface area (Å²) in [5.41, 5.74) is 1.37. The highest BCUT2D eigenvalue weighted by Crippen LogP contribution is 2.58. The monoisotopic (exact) mass is 494 g/mol. The molecule has 36 heavy (non-hydrogen) atoms. The number of nitrogens with zero attached hydrogens (tertiary/aromatic N) is 3. The highest BCUT2D eigenvalue weighted by Gasteiger charge is 2.61. The minimum absolute atomic E-state index is 0.126. The van der Waals surface area contributed by atoms with Gasteiger partial charge in [0.1, 0.15) is 17.3 Å².